The predicted octanol–water partition coefficient (Wildman–Crippen LogP) is 5.44. The van der Waals surface area contributed by atoms with Gasteiger partial charge in [0.2, 0.25) is 0 Å². The summed E-state index contributed by atoms with van der Waals surface area (Å²) in [5.41, 5.74) is 4.52. The molecule has 1 heterocycles. The standard InChI is InChI=1S/C22H15ClN2O2/c23-17-9-11-18(12-10-17)25-20-7-2-1-6-19(20)24-22(25)16-5-3-4-15(14-16)8-13-21(26)27/h1-14H,(H,26,27)/b13-8+. The highest BCUT2D eigenvalue weighted by Gasteiger charge is 2.14. The lowest BCUT2D eigenvalue weighted by molar-refractivity contribution is -0.131. The van der Waals surface area contributed by atoms with Gasteiger partial charge in [0, 0.05) is 22.3 Å². The number of aromatic nitrogens is 2. The average Bonchev–Trinajstić information content (AvgIpc) is 3.07. The molecule has 4 nitrogen and oxygen atoms in total. The molecular weight excluding hydrogens is 360 g/mol. The fourth-order valence-electron chi connectivity index (χ4n) is 3.02. The van der Waals surface area contributed by atoms with Gasteiger partial charge in [-0.05, 0) is 54.1 Å². The molecule has 1 aromatic heterocycles. The number of carboxylic acid groups (broad SMARTS) is 1. The van der Waals surface area contributed by atoms with Gasteiger partial charge in [-0.3, -0.25) is 4.57 Å². The minimum absolute atomic E-state index is 0.672. The van der Waals surface area contributed by atoms with Crippen molar-refractivity contribution in [1.82, 2.24) is 9.55 Å². The van der Waals surface area contributed by atoms with Gasteiger partial charge in [0.15, 0.2) is 0 Å². The van der Waals surface area contributed by atoms with E-state index in [9.17, 15) is 4.79 Å². The highest BCUT2D eigenvalue weighted by Crippen LogP contribution is 2.29. The van der Waals surface area contributed by atoms with Gasteiger partial charge in [0.05, 0.1) is 11.0 Å². The number of aliphatic carboxylic acids is 1. The van der Waals surface area contributed by atoms with E-state index in [0.717, 1.165) is 39.7 Å². The number of carbonyl (C=O) groups is 1. The number of fused-ring (bicyclic) bond motifs is 1. The SMILES string of the molecule is O=C(O)/C=C/c1cccc(-c2nc3ccccc3n2-c2ccc(Cl)cc2)c1. The summed E-state index contributed by atoms with van der Waals surface area (Å²) in [4.78, 5) is 15.6. The van der Waals surface area contributed by atoms with Gasteiger partial charge in [0.25, 0.3) is 0 Å². The van der Waals surface area contributed by atoms with Crippen LogP contribution in [-0.2, 0) is 4.79 Å². The zero-order chi connectivity index (χ0) is 18.8. The summed E-state index contributed by atoms with van der Waals surface area (Å²) in [5, 5.41) is 9.53. The molecule has 0 spiro atoms. The van der Waals surface area contributed by atoms with Gasteiger partial charge in [0.1, 0.15) is 5.82 Å². The fourth-order valence-corrected chi connectivity index (χ4v) is 3.15. The number of carboxylic acids is 1. The van der Waals surface area contributed by atoms with E-state index >= 15 is 0 Å². The summed E-state index contributed by atoms with van der Waals surface area (Å²) in [6.45, 7) is 0. The van der Waals surface area contributed by atoms with Gasteiger partial charge in [-0.15, -0.1) is 0 Å². The fraction of sp³-hybridized carbons (Fsp3) is 0. The largest absolute Gasteiger partial charge is 0.478 e. The minimum Gasteiger partial charge on any atom is -0.478 e. The third kappa shape index (κ3) is 3.48. The summed E-state index contributed by atoms with van der Waals surface area (Å²) in [6.07, 6.45) is 2.70. The first kappa shape index (κ1) is 17.1. The molecule has 0 unspecified atom stereocenters. The van der Waals surface area contributed by atoms with Crippen LogP contribution in [0.4, 0.5) is 0 Å². The highest BCUT2D eigenvalue weighted by atomic mass is 35.5. The molecule has 132 valence electrons. The molecule has 5 heteroatoms. The average molecular weight is 375 g/mol. The number of imidazole rings is 1. The van der Waals surface area contributed by atoms with Crippen molar-refractivity contribution in [3.8, 4) is 17.1 Å². The van der Waals surface area contributed by atoms with E-state index in [0.29, 0.717) is 5.02 Å². The Bertz CT molecular complexity index is 1160. The van der Waals surface area contributed by atoms with E-state index in [4.69, 9.17) is 21.7 Å². The molecule has 27 heavy (non-hydrogen) atoms. The van der Waals surface area contributed by atoms with Crippen LogP contribution in [0.5, 0.6) is 0 Å². The summed E-state index contributed by atoms with van der Waals surface area (Å²) in [7, 11) is 0. The second-order valence-electron chi connectivity index (χ2n) is 6.03. The van der Waals surface area contributed by atoms with Crippen molar-refractivity contribution >= 4 is 34.7 Å². The number of hydrogen-bond acceptors (Lipinski definition) is 2. The lowest BCUT2D eigenvalue weighted by Gasteiger charge is -2.10. The van der Waals surface area contributed by atoms with Gasteiger partial charge in [-0.25, -0.2) is 9.78 Å². The van der Waals surface area contributed by atoms with Crippen LogP contribution in [0, 0.1) is 0 Å². The van der Waals surface area contributed by atoms with E-state index in [1.54, 1.807) is 6.08 Å². The maximum Gasteiger partial charge on any atom is 0.328 e. The predicted molar refractivity (Wildman–Crippen MR) is 108 cm³/mol. The second-order valence-corrected chi connectivity index (χ2v) is 6.47. The van der Waals surface area contributed by atoms with Gasteiger partial charge in [-0.1, -0.05) is 41.9 Å². The molecule has 0 fully saturated rings. The van der Waals surface area contributed by atoms with Gasteiger partial charge < -0.3 is 5.11 Å². The van der Waals surface area contributed by atoms with E-state index < -0.39 is 5.97 Å². The van der Waals surface area contributed by atoms with E-state index in [1.165, 1.54) is 0 Å². The number of para-hydroxylation sites is 2. The Kier molecular flexibility index (Phi) is 4.48. The molecular formula is C22H15ClN2O2. The smallest absolute Gasteiger partial charge is 0.328 e. The molecule has 3 aromatic carbocycles. The molecule has 0 atom stereocenters. The summed E-state index contributed by atoms with van der Waals surface area (Å²) < 4.78 is 2.08. The molecule has 4 aromatic rings. The molecule has 0 aliphatic heterocycles. The first-order valence-corrected chi connectivity index (χ1v) is 8.74. The molecule has 0 radical (unpaired) electrons. The van der Waals surface area contributed by atoms with Crippen LogP contribution in [0.1, 0.15) is 5.56 Å². The molecule has 0 saturated heterocycles. The van der Waals surface area contributed by atoms with Crippen LogP contribution in [0.15, 0.2) is 78.9 Å². The summed E-state index contributed by atoms with van der Waals surface area (Å²) in [6, 6.07) is 23.2. The van der Waals surface area contributed by atoms with Crippen LogP contribution < -0.4 is 0 Å². The quantitative estimate of drug-likeness (QED) is 0.483. The number of halogens is 1. The number of benzene rings is 3. The third-order valence-corrected chi connectivity index (χ3v) is 4.46. The Morgan fingerprint density at radius 1 is 1.00 bits per heavy atom. The molecule has 0 amide bonds. The summed E-state index contributed by atoms with van der Waals surface area (Å²) in [5.74, 6) is -0.196. The van der Waals surface area contributed by atoms with Crippen molar-refractivity contribution in [1.29, 1.82) is 0 Å². The lowest BCUT2D eigenvalue weighted by Crippen LogP contribution is -1.97. The van der Waals surface area contributed by atoms with Crippen molar-refractivity contribution in [2.75, 3.05) is 0 Å². The number of rotatable bonds is 4. The van der Waals surface area contributed by atoms with Crippen LogP contribution in [-0.4, -0.2) is 20.6 Å². The van der Waals surface area contributed by atoms with E-state index in [-0.39, 0.29) is 0 Å². The molecule has 0 aliphatic rings. The lowest BCUT2D eigenvalue weighted by atomic mass is 10.1. The van der Waals surface area contributed by atoms with Crippen molar-refractivity contribution < 1.29 is 9.90 Å². The number of nitrogens with zero attached hydrogens (tertiary/aromatic N) is 2. The maximum absolute atomic E-state index is 10.8. The monoisotopic (exact) mass is 374 g/mol. The zero-order valence-corrected chi connectivity index (χ0v) is 15.0. The first-order valence-electron chi connectivity index (χ1n) is 8.37. The molecule has 0 aliphatic carbocycles. The molecule has 0 saturated carbocycles. The number of hydrogen-bond donors (Lipinski definition) is 1. The van der Waals surface area contributed by atoms with E-state index in [1.807, 2.05) is 72.8 Å². The van der Waals surface area contributed by atoms with Crippen LogP contribution >= 0.6 is 11.6 Å². The van der Waals surface area contributed by atoms with Crippen molar-refractivity contribution in [2.45, 2.75) is 0 Å². The summed E-state index contributed by atoms with van der Waals surface area (Å²) >= 11 is 6.05. The Balaban J connectivity index is 1.92. The van der Waals surface area contributed by atoms with Crippen molar-refractivity contribution in [3.63, 3.8) is 0 Å². The zero-order valence-electron chi connectivity index (χ0n) is 14.2. The van der Waals surface area contributed by atoms with Crippen LogP contribution in [0.2, 0.25) is 5.02 Å². The molecule has 1 N–H and O–H groups in total. The first-order chi connectivity index (χ1) is 13.1. The molecule has 0 bridgehead atoms. The normalized spacial score (nSPS) is 11.3. The Morgan fingerprint density at radius 3 is 2.56 bits per heavy atom. The Labute approximate surface area is 161 Å². The second kappa shape index (κ2) is 7.09. The maximum atomic E-state index is 10.8. The van der Waals surface area contributed by atoms with Crippen LogP contribution in [0.3, 0.4) is 0 Å². The topological polar surface area (TPSA) is 55.1 Å². The van der Waals surface area contributed by atoms with Gasteiger partial charge in [-0.2, -0.15) is 0 Å². The van der Waals surface area contributed by atoms with E-state index in [2.05, 4.69) is 4.57 Å². The van der Waals surface area contributed by atoms with Crippen molar-refractivity contribution in [2.24, 2.45) is 0 Å². The molecule has 4 rings (SSSR count). The van der Waals surface area contributed by atoms with Gasteiger partial charge >= 0.3 is 5.97 Å². The third-order valence-electron chi connectivity index (χ3n) is 4.21. The van der Waals surface area contributed by atoms with Crippen molar-refractivity contribution in [3.05, 3.63) is 89.5 Å². The Hall–Kier alpha value is -3.37. The van der Waals surface area contributed by atoms with Crippen LogP contribution in [0.25, 0.3) is 34.2 Å². The minimum atomic E-state index is -0.978. The highest BCUT2D eigenvalue weighted by molar-refractivity contribution is 6.30. The Morgan fingerprint density at radius 2 is 1.78 bits per heavy atom.